The van der Waals surface area contributed by atoms with Gasteiger partial charge in [-0.25, -0.2) is 0 Å². The van der Waals surface area contributed by atoms with Crippen LogP contribution in [-0.2, 0) is 11.2 Å². The van der Waals surface area contributed by atoms with E-state index < -0.39 is 11.9 Å². The quantitative estimate of drug-likeness (QED) is 0.595. The average molecular weight is 248 g/mol. The van der Waals surface area contributed by atoms with Crippen LogP contribution in [-0.4, -0.2) is 16.9 Å². The predicted molar refractivity (Wildman–Crippen MR) is 70.8 cm³/mol. The van der Waals surface area contributed by atoms with E-state index >= 15 is 0 Å². The van der Waals surface area contributed by atoms with Gasteiger partial charge in [0.05, 0.1) is 0 Å². The summed E-state index contributed by atoms with van der Waals surface area (Å²) in [4.78, 5) is 23.2. The van der Waals surface area contributed by atoms with E-state index in [1.165, 1.54) is 0 Å². The molecule has 98 valence electrons. The molecule has 18 heavy (non-hydrogen) atoms. The fraction of sp³-hybridized carbons (Fsp3) is 0.467. The number of carbonyl (C=O) groups is 2. The summed E-state index contributed by atoms with van der Waals surface area (Å²) in [6, 6.07) is 7.21. The fourth-order valence-corrected chi connectivity index (χ4v) is 1.88. The molecule has 1 atom stereocenters. The van der Waals surface area contributed by atoms with Crippen molar-refractivity contribution in [3.8, 4) is 0 Å². The number of aliphatic carboxylic acids is 1. The van der Waals surface area contributed by atoms with Gasteiger partial charge in [0.15, 0.2) is 5.78 Å². The molecule has 0 aliphatic heterocycles. The lowest BCUT2D eigenvalue weighted by atomic mass is 9.92. The topological polar surface area (TPSA) is 54.4 Å². The number of carboxylic acid groups (broad SMARTS) is 1. The molecule has 0 aliphatic rings. The lowest BCUT2D eigenvalue weighted by Gasteiger charge is -2.11. The third kappa shape index (κ3) is 3.69. The molecule has 1 rings (SSSR count). The molecule has 3 nitrogen and oxygen atoms in total. The Labute approximate surface area is 108 Å². The summed E-state index contributed by atoms with van der Waals surface area (Å²) >= 11 is 0. The minimum atomic E-state index is -1.02. The number of hydrogen-bond donors (Lipinski definition) is 1. The van der Waals surface area contributed by atoms with E-state index in [0.717, 1.165) is 24.8 Å². The van der Waals surface area contributed by atoms with E-state index in [4.69, 9.17) is 5.11 Å². The molecule has 0 saturated heterocycles. The van der Waals surface area contributed by atoms with Gasteiger partial charge < -0.3 is 5.11 Å². The van der Waals surface area contributed by atoms with Crippen molar-refractivity contribution < 1.29 is 14.7 Å². The van der Waals surface area contributed by atoms with Crippen LogP contribution in [0.4, 0.5) is 0 Å². The van der Waals surface area contributed by atoms with E-state index in [2.05, 4.69) is 0 Å². The maximum absolute atomic E-state index is 12.1. The summed E-state index contributed by atoms with van der Waals surface area (Å²) in [5.41, 5.74) is 1.64. The number of carbonyl (C=O) groups excluding carboxylic acids is 1. The van der Waals surface area contributed by atoms with E-state index in [1.54, 1.807) is 12.1 Å². The highest BCUT2D eigenvalue weighted by atomic mass is 16.4. The van der Waals surface area contributed by atoms with Gasteiger partial charge in [-0.15, -0.1) is 0 Å². The molecule has 0 aliphatic carbocycles. The molecule has 0 aromatic heterocycles. The molecule has 3 heteroatoms. The molecule has 0 saturated carbocycles. The van der Waals surface area contributed by atoms with Gasteiger partial charge in [-0.1, -0.05) is 51.0 Å². The highest BCUT2D eigenvalue weighted by Crippen LogP contribution is 2.16. The summed E-state index contributed by atoms with van der Waals surface area (Å²) < 4.78 is 0. The monoisotopic (exact) mass is 248 g/mol. The summed E-state index contributed by atoms with van der Waals surface area (Å²) in [6.07, 6.45) is 2.98. The van der Waals surface area contributed by atoms with Crippen molar-refractivity contribution >= 4 is 11.8 Å². The largest absolute Gasteiger partial charge is 0.481 e. The predicted octanol–water partition coefficient (Wildman–Crippen LogP) is 3.32. The number of rotatable bonds is 7. The van der Waals surface area contributed by atoms with Crippen LogP contribution in [0.15, 0.2) is 24.3 Å². The number of hydrogen-bond acceptors (Lipinski definition) is 2. The summed E-state index contributed by atoms with van der Waals surface area (Å²) in [6.45, 7) is 4.03. The Morgan fingerprint density at radius 2 is 1.78 bits per heavy atom. The Morgan fingerprint density at radius 1 is 1.17 bits per heavy atom. The van der Waals surface area contributed by atoms with Gasteiger partial charge in [0.2, 0.25) is 0 Å². The smallest absolute Gasteiger partial charge is 0.314 e. The van der Waals surface area contributed by atoms with Gasteiger partial charge in [-0.2, -0.15) is 0 Å². The van der Waals surface area contributed by atoms with Gasteiger partial charge in [0.25, 0.3) is 0 Å². The average Bonchev–Trinajstić information content (AvgIpc) is 2.38. The third-order valence-electron chi connectivity index (χ3n) is 3.11. The molecule has 1 aromatic carbocycles. The summed E-state index contributed by atoms with van der Waals surface area (Å²) in [7, 11) is 0. The Hall–Kier alpha value is -1.64. The molecule has 1 N–H and O–H groups in total. The number of benzene rings is 1. The molecule has 0 amide bonds. The van der Waals surface area contributed by atoms with Crippen molar-refractivity contribution in [1.82, 2.24) is 0 Å². The lowest BCUT2D eigenvalue weighted by Crippen LogP contribution is -2.23. The first kappa shape index (κ1) is 14.4. The Balaban J connectivity index is 2.84. The normalized spacial score (nSPS) is 12.1. The second-order valence-corrected chi connectivity index (χ2v) is 4.45. The van der Waals surface area contributed by atoms with Crippen LogP contribution >= 0.6 is 0 Å². The number of unbranched alkanes of at least 4 members (excludes halogenated alkanes) is 1. The Bertz CT molecular complexity index is 406. The molecule has 1 aromatic rings. The zero-order chi connectivity index (χ0) is 13.5. The lowest BCUT2D eigenvalue weighted by molar-refractivity contribution is -0.140. The second kappa shape index (κ2) is 6.94. The molecule has 0 spiro atoms. The first-order chi connectivity index (χ1) is 8.60. The van der Waals surface area contributed by atoms with Gasteiger partial charge >= 0.3 is 5.97 Å². The van der Waals surface area contributed by atoms with Crippen LogP contribution in [0.1, 0.15) is 49.0 Å². The van der Waals surface area contributed by atoms with Crippen LogP contribution in [0.3, 0.4) is 0 Å². The standard InChI is InChI=1S/C15H20O3/c1-3-5-6-13(15(17)18)14(16)12-9-7-11(4-2)8-10-12/h7-10,13H,3-6H2,1-2H3,(H,17,18). The Morgan fingerprint density at radius 3 is 2.22 bits per heavy atom. The van der Waals surface area contributed by atoms with Gasteiger partial charge in [-0.3, -0.25) is 9.59 Å². The molecular weight excluding hydrogens is 228 g/mol. The minimum absolute atomic E-state index is 0.279. The van der Waals surface area contributed by atoms with Crippen molar-refractivity contribution in [2.75, 3.05) is 0 Å². The van der Waals surface area contributed by atoms with Crippen LogP contribution in [0.5, 0.6) is 0 Å². The Kier molecular flexibility index (Phi) is 5.56. The minimum Gasteiger partial charge on any atom is -0.481 e. The number of ketones is 1. The SMILES string of the molecule is CCCCC(C(=O)O)C(=O)c1ccc(CC)cc1. The van der Waals surface area contributed by atoms with E-state index in [0.29, 0.717) is 12.0 Å². The van der Waals surface area contributed by atoms with Crippen molar-refractivity contribution in [2.24, 2.45) is 5.92 Å². The number of Topliss-reactive ketones (excluding diaryl/α,β-unsaturated/α-hetero) is 1. The van der Waals surface area contributed by atoms with Crippen LogP contribution in [0.2, 0.25) is 0 Å². The summed E-state index contributed by atoms with van der Waals surface area (Å²) in [5, 5.41) is 9.11. The molecule has 0 radical (unpaired) electrons. The van der Waals surface area contributed by atoms with Gasteiger partial charge in [0, 0.05) is 5.56 Å². The molecular formula is C15H20O3. The van der Waals surface area contributed by atoms with Gasteiger partial charge in [0.1, 0.15) is 5.92 Å². The third-order valence-corrected chi connectivity index (χ3v) is 3.11. The zero-order valence-electron chi connectivity index (χ0n) is 11.0. The molecule has 0 bridgehead atoms. The molecule has 0 heterocycles. The van der Waals surface area contributed by atoms with E-state index in [1.807, 2.05) is 26.0 Å². The molecule has 1 unspecified atom stereocenters. The highest BCUT2D eigenvalue weighted by Gasteiger charge is 2.26. The summed E-state index contributed by atoms with van der Waals surface area (Å²) in [5.74, 6) is -2.20. The fourth-order valence-electron chi connectivity index (χ4n) is 1.88. The first-order valence-corrected chi connectivity index (χ1v) is 6.46. The maximum atomic E-state index is 12.1. The first-order valence-electron chi connectivity index (χ1n) is 6.46. The number of aryl methyl sites for hydroxylation is 1. The van der Waals surface area contributed by atoms with Crippen LogP contribution in [0, 0.1) is 5.92 Å². The van der Waals surface area contributed by atoms with Crippen molar-refractivity contribution in [3.05, 3.63) is 35.4 Å². The van der Waals surface area contributed by atoms with E-state index in [-0.39, 0.29) is 5.78 Å². The van der Waals surface area contributed by atoms with Gasteiger partial charge in [-0.05, 0) is 18.4 Å². The number of carboxylic acids is 1. The zero-order valence-corrected chi connectivity index (χ0v) is 11.0. The van der Waals surface area contributed by atoms with Crippen molar-refractivity contribution in [3.63, 3.8) is 0 Å². The van der Waals surface area contributed by atoms with Crippen molar-refractivity contribution in [2.45, 2.75) is 39.5 Å². The maximum Gasteiger partial charge on any atom is 0.314 e. The van der Waals surface area contributed by atoms with Crippen molar-refractivity contribution in [1.29, 1.82) is 0 Å². The second-order valence-electron chi connectivity index (χ2n) is 4.45. The highest BCUT2D eigenvalue weighted by molar-refractivity contribution is 6.08. The van der Waals surface area contributed by atoms with Crippen LogP contribution < -0.4 is 0 Å². The van der Waals surface area contributed by atoms with Crippen LogP contribution in [0.25, 0.3) is 0 Å². The van der Waals surface area contributed by atoms with E-state index in [9.17, 15) is 9.59 Å². The molecule has 0 fully saturated rings.